The van der Waals surface area contributed by atoms with E-state index < -0.39 is 6.10 Å². The van der Waals surface area contributed by atoms with Crippen molar-refractivity contribution in [2.75, 3.05) is 13.2 Å². The predicted molar refractivity (Wildman–Crippen MR) is 70.6 cm³/mol. The van der Waals surface area contributed by atoms with Crippen molar-refractivity contribution in [3.63, 3.8) is 0 Å². The molecule has 0 aliphatic carbocycles. The van der Waals surface area contributed by atoms with Crippen molar-refractivity contribution in [2.24, 2.45) is 0 Å². The first-order chi connectivity index (χ1) is 8.08. The second-order valence-corrected chi connectivity index (χ2v) is 4.72. The average molecular weight is 278 g/mol. The molecule has 2 atom stereocenters. The lowest BCUT2D eigenvalue weighted by Gasteiger charge is -2.18. The molecule has 0 saturated heterocycles. The van der Waals surface area contributed by atoms with E-state index in [4.69, 9.17) is 28.3 Å². The molecule has 0 radical (unpaired) electrons. The molecule has 17 heavy (non-hydrogen) atoms. The van der Waals surface area contributed by atoms with E-state index in [1.54, 1.807) is 18.2 Å². The zero-order valence-electron chi connectivity index (χ0n) is 9.66. The van der Waals surface area contributed by atoms with Crippen molar-refractivity contribution in [3.8, 4) is 0 Å². The Bertz CT molecular complexity index is 356. The minimum atomic E-state index is -0.708. The molecule has 5 heteroatoms. The molecule has 0 heterocycles. The standard InChI is InChI=1S/C12H17Cl2NO2/c1-2-9(7-16)15-6-12(17)10-4-3-8(13)5-11(10)14/h3-5,9,12,15-17H,2,6-7H2,1H3. The lowest BCUT2D eigenvalue weighted by Crippen LogP contribution is -2.35. The van der Waals surface area contributed by atoms with Crippen LogP contribution >= 0.6 is 23.2 Å². The quantitative estimate of drug-likeness (QED) is 0.749. The Morgan fingerprint density at radius 2 is 2.06 bits per heavy atom. The van der Waals surface area contributed by atoms with Gasteiger partial charge in [-0.15, -0.1) is 0 Å². The number of halogens is 2. The van der Waals surface area contributed by atoms with Gasteiger partial charge in [-0.25, -0.2) is 0 Å². The maximum atomic E-state index is 9.96. The van der Waals surface area contributed by atoms with Crippen LogP contribution in [-0.2, 0) is 0 Å². The summed E-state index contributed by atoms with van der Waals surface area (Å²) in [4.78, 5) is 0. The van der Waals surface area contributed by atoms with Crippen molar-refractivity contribution in [3.05, 3.63) is 33.8 Å². The number of aliphatic hydroxyl groups is 2. The molecule has 1 rings (SSSR count). The maximum Gasteiger partial charge on any atom is 0.0928 e. The minimum absolute atomic E-state index is 0.00396. The highest BCUT2D eigenvalue weighted by Crippen LogP contribution is 2.25. The highest BCUT2D eigenvalue weighted by molar-refractivity contribution is 6.35. The van der Waals surface area contributed by atoms with Gasteiger partial charge in [-0.05, 0) is 18.6 Å². The Labute approximate surface area is 111 Å². The second kappa shape index (κ2) is 7.19. The molecule has 0 aliphatic heterocycles. The van der Waals surface area contributed by atoms with Crippen molar-refractivity contribution in [1.29, 1.82) is 0 Å². The summed E-state index contributed by atoms with van der Waals surface area (Å²) in [5, 5.41) is 23.0. The molecule has 0 bridgehead atoms. The first kappa shape index (κ1) is 14.7. The molecular formula is C12H17Cl2NO2. The lowest BCUT2D eigenvalue weighted by molar-refractivity contribution is 0.158. The molecule has 96 valence electrons. The fourth-order valence-corrected chi connectivity index (χ4v) is 2.03. The van der Waals surface area contributed by atoms with Crippen LogP contribution in [0.1, 0.15) is 25.0 Å². The third-order valence-corrected chi connectivity index (χ3v) is 3.20. The Kier molecular flexibility index (Phi) is 6.23. The summed E-state index contributed by atoms with van der Waals surface area (Å²) in [6.45, 7) is 2.37. The van der Waals surface area contributed by atoms with Crippen molar-refractivity contribution < 1.29 is 10.2 Å². The van der Waals surface area contributed by atoms with Crippen molar-refractivity contribution in [1.82, 2.24) is 5.32 Å². The van der Waals surface area contributed by atoms with E-state index in [0.717, 1.165) is 6.42 Å². The van der Waals surface area contributed by atoms with Crippen LogP contribution < -0.4 is 5.32 Å². The summed E-state index contributed by atoms with van der Waals surface area (Å²) in [6.07, 6.45) is 0.0952. The molecule has 3 nitrogen and oxygen atoms in total. The van der Waals surface area contributed by atoms with Gasteiger partial charge in [0.15, 0.2) is 0 Å². The molecule has 0 aliphatic rings. The van der Waals surface area contributed by atoms with Gasteiger partial charge < -0.3 is 15.5 Å². The Balaban J connectivity index is 2.60. The molecule has 0 amide bonds. The minimum Gasteiger partial charge on any atom is -0.395 e. The van der Waals surface area contributed by atoms with Gasteiger partial charge in [-0.3, -0.25) is 0 Å². The Morgan fingerprint density at radius 3 is 2.59 bits per heavy atom. The summed E-state index contributed by atoms with van der Waals surface area (Å²) < 4.78 is 0. The first-order valence-corrected chi connectivity index (χ1v) is 6.31. The number of aliphatic hydroxyl groups excluding tert-OH is 2. The molecule has 2 unspecified atom stereocenters. The van der Waals surface area contributed by atoms with Gasteiger partial charge in [0.1, 0.15) is 0 Å². The molecule has 1 aromatic rings. The smallest absolute Gasteiger partial charge is 0.0928 e. The number of nitrogens with one attached hydrogen (secondary N) is 1. The third-order valence-electron chi connectivity index (χ3n) is 2.63. The second-order valence-electron chi connectivity index (χ2n) is 3.88. The zero-order chi connectivity index (χ0) is 12.8. The molecule has 1 aromatic carbocycles. The van der Waals surface area contributed by atoms with Crippen LogP contribution in [0.3, 0.4) is 0 Å². The summed E-state index contributed by atoms with van der Waals surface area (Å²) >= 11 is 11.8. The van der Waals surface area contributed by atoms with Crippen molar-refractivity contribution in [2.45, 2.75) is 25.5 Å². The van der Waals surface area contributed by atoms with Gasteiger partial charge in [0.2, 0.25) is 0 Å². The lowest BCUT2D eigenvalue weighted by atomic mass is 10.1. The zero-order valence-corrected chi connectivity index (χ0v) is 11.2. The summed E-state index contributed by atoms with van der Waals surface area (Å²) in [6, 6.07) is 4.99. The van der Waals surface area contributed by atoms with Gasteiger partial charge in [0.25, 0.3) is 0 Å². The van der Waals surface area contributed by atoms with Crippen LogP contribution in [0.2, 0.25) is 10.0 Å². The van der Waals surface area contributed by atoms with Crippen LogP contribution in [-0.4, -0.2) is 29.4 Å². The summed E-state index contributed by atoms with van der Waals surface area (Å²) in [5.74, 6) is 0. The molecule has 0 fully saturated rings. The monoisotopic (exact) mass is 277 g/mol. The maximum absolute atomic E-state index is 9.96. The molecular weight excluding hydrogens is 261 g/mol. The number of rotatable bonds is 6. The molecule has 0 saturated carbocycles. The van der Waals surface area contributed by atoms with Crippen LogP contribution in [0.5, 0.6) is 0 Å². The van der Waals surface area contributed by atoms with Crippen LogP contribution in [0, 0.1) is 0 Å². The fraction of sp³-hybridized carbons (Fsp3) is 0.500. The number of benzene rings is 1. The van der Waals surface area contributed by atoms with E-state index in [1.165, 1.54) is 0 Å². The Hall–Kier alpha value is -0.320. The van der Waals surface area contributed by atoms with E-state index >= 15 is 0 Å². The first-order valence-electron chi connectivity index (χ1n) is 5.55. The van der Waals surface area contributed by atoms with E-state index in [2.05, 4.69) is 5.32 Å². The van der Waals surface area contributed by atoms with Gasteiger partial charge in [0.05, 0.1) is 12.7 Å². The molecule has 3 N–H and O–H groups in total. The third kappa shape index (κ3) is 4.45. The fourth-order valence-electron chi connectivity index (χ4n) is 1.50. The highest BCUT2D eigenvalue weighted by atomic mass is 35.5. The number of hydrogen-bond donors (Lipinski definition) is 3. The molecule has 0 spiro atoms. The summed E-state index contributed by atoms with van der Waals surface area (Å²) in [7, 11) is 0. The summed E-state index contributed by atoms with van der Waals surface area (Å²) in [5.41, 5.74) is 0.636. The number of hydrogen-bond acceptors (Lipinski definition) is 3. The predicted octanol–water partition coefficient (Wildman–Crippen LogP) is 2.39. The van der Waals surface area contributed by atoms with Crippen LogP contribution in [0.15, 0.2) is 18.2 Å². The Morgan fingerprint density at radius 1 is 1.35 bits per heavy atom. The largest absolute Gasteiger partial charge is 0.395 e. The van der Waals surface area contributed by atoms with Crippen LogP contribution in [0.4, 0.5) is 0 Å². The topological polar surface area (TPSA) is 52.5 Å². The highest BCUT2D eigenvalue weighted by Gasteiger charge is 2.13. The van der Waals surface area contributed by atoms with Gasteiger partial charge >= 0.3 is 0 Å². The van der Waals surface area contributed by atoms with E-state index in [0.29, 0.717) is 22.2 Å². The van der Waals surface area contributed by atoms with Gasteiger partial charge in [0, 0.05) is 28.2 Å². The average Bonchev–Trinajstić information content (AvgIpc) is 2.30. The SMILES string of the molecule is CCC(CO)NCC(O)c1ccc(Cl)cc1Cl. The molecule has 0 aromatic heterocycles. The van der Waals surface area contributed by atoms with E-state index in [-0.39, 0.29) is 12.6 Å². The van der Waals surface area contributed by atoms with E-state index in [1.807, 2.05) is 6.92 Å². The van der Waals surface area contributed by atoms with Crippen molar-refractivity contribution >= 4 is 23.2 Å². The normalized spacial score (nSPS) is 14.6. The van der Waals surface area contributed by atoms with Gasteiger partial charge in [-0.1, -0.05) is 36.2 Å². The van der Waals surface area contributed by atoms with Crippen LogP contribution in [0.25, 0.3) is 0 Å². The van der Waals surface area contributed by atoms with E-state index in [9.17, 15) is 5.11 Å². The van der Waals surface area contributed by atoms with Gasteiger partial charge in [-0.2, -0.15) is 0 Å².